The summed E-state index contributed by atoms with van der Waals surface area (Å²) in [6.45, 7) is 28.6. The van der Waals surface area contributed by atoms with Gasteiger partial charge in [0.05, 0.1) is 12.2 Å². The molecule has 1 aliphatic rings. The number of carbonyl (C=O) groups excluding carboxylic acids is 3. The van der Waals surface area contributed by atoms with E-state index in [2.05, 4.69) is 25.5 Å². The maximum atomic E-state index is 14.0. The summed E-state index contributed by atoms with van der Waals surface area (Å²) in [5.74, 6) is -0.468. The van der Waals surface area contributed by atoms with E-state index in [9.17, 15) is 67.1 Å². The van der Waals surface area contributed by atoms with E-state index < -0.39 is 101 Å². The SMILES string of the molecule is CCC(C)(C(=O)OC(C)(C)C)C(F)(F)F.CCC(C)c1ccc(C(C)(OC(OC)C(C)(C)C)C(F)(F)F)cc1.CCC(C)c1ccc(C(C)(OC(OCC2COC(=O)O2)C(C)=O)C(F)(F)F)cc1.CCC(C)c1ccc(OC(OC)c2cc(C)cc(C(F)(F)F)c2)cc1. The number of rotatable bonds is 23. The largest absolute Gasteiger partial charge is 0.508 e. The Kier molecular flexibility index (Phi) is 30.5. The molecule has 0 spiro atoms. The summed E-state index contributed by atoms with van der Waals surface area (Å²) in [7, 11) is 2.77. The predicted octanol–water partition coefficient (Wildman–Crippen LogP) is 20.0. The summed E-state index contributed by atoms with van der Waals surface area (Å²) in [4.78, 5) is 34.2. The van der Waals surface area contributed by atoms with Gasteiger partial charge in [0.1, 0.15) is 18.0 Å². The molecule has 1 fully saturated rings. The Balaban J connectivity index is 0.000000432. The molecule has 93 heavy (non-hydrogen) atoms. The monoisotopic (exact) mass is 1340 g/mol. The van der Waals surface area contributed by atoms with Crippen molar-refractivity contribution in [1.82, 2.24) is 0 Å². The second-order valence-electron chi connectivity index (χ2n) is 25.6. The highest BCUT2D eigenvalue weighted by Gasteiger charge is 2.59. The normalized spacial score (nSPS) is 17.8. The number of carbonyl (C=O) groups is 3. The maximum absolute atomic E-state index is 14.0. The topological polar surface area (TPSA) is 134 Å². The van der Waals surface area contributed by atoms with Gasteiger partial charge in [-0.05, 0) is 157 Å². The van der Waals surface area contributed by atoms with Gasteiger partial charge in [-0.25, -0.2) is 4.79 Å². The second kappa shape index (κ2) is 34.1. The Morgan fingerprint density at radius 3 is 1.32 bits per heavy atom. The quantitative estimate of drug-likeness (QED) is 0.0397. The first-order valence-corrected chi connectivity index (χ1v) is 30.5. The van der Waals surface area contributed by atoms with Crippen LogP contribution in [-0.4, -0.2) is 88.2 Å². The number of esters is 1. The van der Waals surface area contributed by atoms with Crippen LogP contribution >= 0.6 is 0 Å². The first-order chi connectivity index (χ1) is 42.5. The van der Waals surface area contributed by atoms with E-state index in [0.717, 1.165) is 70.2 Å². The van der Waals surface area contributed by atoms with Crippen LogP contribution in [0, 0.1) is 17.8 Å². The lowest BCUT2D eigenvalue weighted by atomic mass is 9.86. The molecule has 0 saturated carbocycles. The van der Waals surface area contributed by atoms with Gasteiger partial charge in [-0.15, -0.1) is 0 Å². The third-order valence-corrected chi connectivity index (χ3v) is 15.8. The second-order valence-corrected chi connectivity index (χ2v) is 25.6. The number of cyclic esters (lactones) is 2. The number of ketones is 1. The molecule has 10 unspecified atom stereocenters. The molecule has 4 aromatic carbocycles. The minimum atomic E-state index is -4.81. The highest BCUT2D eigenvalue weighted by atomic mass is 19.4. The molecule has 1 heterocycles. The fourth-order valence-electron chi connectivity index (χ4n) is 8.66. The molecule has 0 bridgehead atoms. The molecule has 4 aromatic rings. The van der Waals surface area contributed by atoms with Crippen LogP contribution in [0.4, 0.5) is 57.5 Å². The summed E-state index contributed by atoms with van der Waals surface area (Å²) in [5.41, 5.74) is -5.95. The van der Waals surface area contributed by atoms with Gasteiger partial charge in [0.2, 0.25) is 12.6 Å². The van der Waals surface area contributed by atoms with E-state index in [-0.39, 0.29) is 36.7 Å². The van der Waals surface area contributed by atoms with E-state index in [1.807, 2.05) is 45.0 Å². The van der Waals surface area contributed by atoms with Crippen LogP contribution < -0.4 is 4.74 Å². The minimum Gasteiger partial charge on any atom is -0.461 e. The molecule has 0 aromatic heterocycles. The predicted molar refractivity (Wildman–Crippen MR) is 328 cm³/mol. The average molecular weight is 1340 g/mol. The number of ether oxygens (including phenoxy) is 9. The Morgan fingerprint density at radius 1 is 0.570 bits per heavy atom. The molecule has 12 nitrogen and oxygen atoms in total. The van der Waals surface area contributed by atoms with Crippen LogP contribution in [0.25, 0.3) is 0 Å². The summed E-state index contributed by atoms with van der Waals surface area (Å²) in [6, 6.07) is 23.8. The van der Waals surface area contributed by atoms with E-state index >= 15 is 0 Å². The molecule has 0 N–H and O–H groups in total. The summed E-state index contributed by atoms with van der Waals surface area (Å²) < 4.78 is 206. The van der Waals surface area contributed by atoms with Crippen LogP contribution in [-0.2, 0) is 64.9 Å². The van der Waals surface area contributed by atoms with Crippen molar-refractivity contribution >= 4 is 17.9 Å². The molecule has 0 amide bonds. The zero-order valence-electron chi connectivity index (χ0n) is 56.9. The van der Waals surface area contributed by atoms with Crippen LogP contribution in [0.2, 0.25) is 0 Å². The highest BCUT2D eigenvalue weighted by Crippen LogP contribution is 2.47. The Labute approximate surface area is 540 Å². The summed E-state index contributed by atoms with van der Waals surface area (Å²) in [6.07, 6.45) is -21.3. The fourth-order valence-corrected chi connectivity index (χ4v) is 8.66. The molecule has 1 saturated heterocycles. The first kappa shape index (κ1) is 83.1. The van der Waals surface area contributed by atoms with Crippen molar-refractivity contribution < 1.29 is 110 Å². The van der Waals surface area contributed by atoms with Crippen molar-refractivity contribution in [2.24, 2.45) is 10.8 Å². The first-order valence-electron chi connectivity index (χ1n) is 30.5. The Morgan fingerprint density at radius 2 is 1.00 bits per heavy atom. The van der Waals surface area contributed by atoms with Crippen molar-refractivity contribution in [1.29, 1.82) is 0 Å². The van der Waals surface area contributed by atoms with Crippen LogP contribution in [0.3, 0.4) is 0 Å². The zero-order valence-corrected chi connectivity index (χ0v) is 56.9. The van der Waals surface area contributed by atoms with Crippen LogP contribution in [0.15, 0.2) is 91.0 Å². The van der Waals surface area contributed by atoms with Gasteiger partial charge < -0.3 is 42.6 Å². The average Bonchev–Trinajstić information content (AvgIpc) is 0.921. The minimum absolute atomic E-state index is 0.0772. The highest BCUT2D eigenvalue weighted by molar-refractivity contribution is 5.79. The number of halogens is 12. The van der Waals surface area contributed by atoms with E-state index in [1.54, 1.807) is 58.0 Å². The molecule has 0 radical (unpaired) electrons. The number of hydrogen-bond acceptors (Lipinski definition) is 12. The van der Waals surface area contributed by atoms with Crippen molar-refractivity contribution in [3.05, 3.63) is 136 Å². The van der Waals surface area contributed by atoms with Gasteiger partial charge in [-0.3, -0.25) is 9.59 Å². The molecule has 10 atom stereocenters. The van der Waals surface area contributed by atoms with Gasteiger partial charge in [-0.1, -0.05) is 135 Å². The zero-order chi connectivity index (χ0) is 71.7. The lowest BCUT2D eigenvalue weighted by molar-refractivity contribution is -0.337. The van der Waals surface area contributed by atoms with E-state index in [4.69, 9.17) is 37.9 Å². The van der Waals surface area contributed by atoms with Crippen molar-refractivity contribution in [2.75, 3.05) is 27.4 Å². The van der Waals surface area contributed by atoms with Crippen molar-refractivity contribution in [3.63, 3.8) is 0 Å². The third kappa shape index (κ3) is 24.0. The number of Topliss-reactive ketones (excluding diaryl/α,β-unsaturated/α-hetero) is 1. The summed E-state index contributed by atoms with van der Waals surface area (Å²) >= 11 is 0. The molecule has 0 aliphatic carbocycles. The lowest BCUT2D eigenvalue weighted by Crippen LogP contribution is -2.48. The Bertz CT molecular complexity index is 2930. The van der Waals surface area contributed by atoms with E-state index in [0.29, 0.717) is 28.7 Å². The van der Waals surface area contributed by atoms with Gasteiger partial charge in [-0.2, -0.15) is 52.7 Å². The third-order valence-electron chi connectivity index (χ3n) is 15.8. The molecular formula is C69H94F12O12. The fraction of sp³-hybridized carbons (Fsp3) is 0.609. The Hall–Kier alpha value is -5.95. The standard InChI is InChI=1S/C20H25F3O6.C20H23F3O2.C19H29F3O2.C10H17F3O2/c1-5-12(2)14-6-8-15(9-7-14)19(4,20(21,22)23)29-17(13(3)24)26-10-16-11-27-18(25)28-16;1-5-14(3)15-6-8-18(9-7-15)25-19(24-4)16-10-13(2)11-17(12-16)20(21,22)23;1-8-13(2)14-9-11-15(12-10-14)18(6,19(20,21)22)24-16(23-7)17(3,4)5;1-6-9(5,10(11,12)13)7(14)15-8(2,3)4/h6-9,12,16-17H,5,10-11H2,1-4H3;6-12,14,19H,5H2,1-4H3;9-13,16H,8H2,1-7H3;6H2,1-5H3. The molecule has 1 aliphatic heterocycles. The molecule has 526 valence electrons. The molecular weight excluding hydrogens is 1250 g/mol. The smallest absolute Gasteiger partial charge is 0.461 e. The van der Waals surface area contributed by atoms with E-state index in [1.165, 1.54) is 71.7 Å². The summed E-state index contributed by atoms with van der Waals surface area (Å²) in [5, 5.41) is 0. The number of hydrogen-bond donors (Lipinski definition) is 0. The van der Waals surface area contributed by atoms with Gasteiger partial charge >= 0.3 is 36.8 Å². The van der Waals surface area contributed by atoms with Gasteiger partial charge in [0.25, 0.3) is 0 Å². The van der Waals surface area contributed by atoms with Crippen molar-refractivity contribution in [2.45, 2.75) is 235 Å². The van der Waals surface area contributed by atoms with Gasteiger partial charge in [0.15, 0.2) is 34.8 Å². The number of aryl methyl sites for hydroxylation is 1. The number of methoxy groups -OCH3 is 2. The maximum Gasteiger partial charge on any atom is 0.508 e. The number of benzene rings is 4. The number of alkyl halides is 12. The van der Waals surface area contributed by atoms with Crippen molar-refractivity contribution in [3.8, 4) is 5.75 Å². The molecule has 5 rings (SSSR count). The molecule has 24 heteroatoms. The van der Waals surface area contributed by atoms with Gasteiger partial charge in [0, 0.05) is 25.2 Å². The van der Waals surface area contributed by atoms with Crippen LogP contribution in [0.5, 0.6) is 5.75 Å². The lowest BCUT2D eigenvalue weighted by Gasteiger charge is -2.39. The van der Waals surface area contributed by atoms with Crippen LogP contribution in [0.1, 0.15) is 212 Å².